The lowest BCUT2D eigenvalue weighted by Crippen LogP contribution is -2.09. The second kappa shape index (κ2) is 5.11. The summed E-state index contributed by atoms with van der Waals surface area (Å²) < 4.78 is 13.0. The third-order valence-electron chi connectivity index (χ3n) is 2.20. The van der Waals surface area contributed by atoms with Gasteiger partial charge in [-0.3, -0.25) is 0 Å². The zero-order valence-electron chi connectivity index (χ0n) is 8.76. The molecule has 14 heavy (non-hydrogen) atoms. The van der Waals surface area contributed by atoms with Crippen molar-refractivity contribution in [3.8, 4) is 0 Å². The standard InChI is InChI=1S/C12H17FO/c1-3-4-12(14)8-10-5-9(2)6-11(13)7-10/h5-7,12,14H,3-4,8H2,1-2H3. The topological polar surface area (TPSA) is 20.2 Å². The van der Waals surface area contributed by atoms with E-state index in [4.69, 9.17) is 0 Å². The Morgan fingerprint density at radius 2 is 2.07 bits per heavy atom. The molecular weight excluding hydrogens is 179 g/mol. The highest BCUT2D eigenvalue weighted by molar-refractivity contribution is 5.24. The summed E-state index contributed by atoms with van der Waals surface area (Å²) in [5, 5.41) is 9.56. The van der Waals surface area contributed by atoms with Crippen LogP contribution in [0.2, 0.25) is 0 Å². The van der Waals surface area contributed by atoms with E-state index >= 15 is 0 Å². The van der Waals surface area contributed by atoms with Crippen molar-refractivity contribution in [2.24, 2.45) is 0 Å². The third kappa shape index (κ3) is 3.46. The van der Waals surface area contributed by atoms with Gasteiger partial charge in [0.1, 0.15) is 5.82 Å². The fraction of sp³-hybridized carbons (Fsp3) is 0.500. The molecule has 0 aliphatic heterocycles. The van der Waals surface area contributed by atoms with E-state index in [0.717, 1.165) is 24.0 Å². The van der Waals surface area contributed by atoms with E-state index in [1.165, 1.54) is 12.1 Å². The van der Waals surface area contributed by atoms with E-state index < -0.39 is 0 Å². The van der Waals surface area contributed by atoms with Crippen LogP contribution in [-0.2, 0) is 6.42 Å². The molecule has 1 N–H and O–H groups in total. The molecule has 1 aromatic carbocycles. The van der Waals surface area contributed by atoms with Crippen molar-refractivity contribution in [1.29, 1.82) is 0 Å². The zero-order chi connectivity index (χ0) is 10.6. The molecule has 78 valence electrons. The predicted octanol–water partition coefficient (Wildman–Crippen LogP) is 2.84. The average molecular weight is 196 g/mol. The minimum absolute atomic E-state index is 0.219. The molecule has 0 saturated heterocycles. The fourth-order valence-corrected chi connectivity index (χ4v) is 1.64. The summed E-state index contributed by atoms with van der Waals surface area (Å²) in [5.41, 5.74) is 1.78. The van der Waals surface area contributed by atoms with Gasteiger partial charge in [0, 0.05) is 0 Å². The van der Waals surface area contributed by atoms with Crippen LogP contribution in [0, 0.1) is 12.7 Å². The number of hydrogen-bond donors (Lipinski definition) is 1. The molecule has 0 aliphatic rings. The van der Waals surface area contributed by atoms with Gasteiger partial charge < -0.3 is 5.11 Å². The Morgan fingerprint density at radius 3 is 2.64 bits per heavy atom. The van der Waals surface area contributed by atoms with Gasteiger partial charge in [0.2, 0.25) is 0 Å². The highest BCUT2D eigenvalue weighted by Gasteiger charge is 2.05. The smallest absolute Gasteiger partial charge is 0.123 e. The van der Waals surface area contributed by atoms with Gasteiger partial charge in [-0.15, -0.1) is 0 Å². The normalized spacial score (nSPS) is 12.9. The molecule has 1 aromatic rings. The highest BCUT2D eigenvalue weighted by atomic mass is 19.1. The second-order valence-electron chi connectivity index (χ2n) is 3.78. The number of rotatable bonds is 4. The Labute approximate surface area is 84.6 Å². The van der Waals surface area contributed by atoms with Crippen LogP contribution in [0.1, 0.15) is 30.9 Å². The summed E-state index contributed by atoms with van der Waals surface area (Å²) in [6.45, 7) is 3.89. The van der Waals surface area contributed by atoms with Crippen LogP contribution < -0.4 is 0 Å². The lowest BCUT2D eigenvalue weighted by molar-refractivity contribution is 0.164. The average Bonchev–Trinajstić information content (AvgIpc) is 2.01. The first-order chi connectivity index (χ1) is 6.61. The van der Waals surface area contributed by atoms with Crippen LogP contribution in [0.5, 0.6) is 0 Å². The van der Waals surface area contributed by atoms with Crippen LogP contribution in [0.15, 0.2) is 18.2 Å². The molecule has 0 spiro atoms. The minimum atomic E-state index is -0.346. The van der Waals surface area contributed by atoms with E-state index in [2.05, 4.69) is 0 Å². The largest absolute Gasteiger partial charge is 0.393 e. The van der Waals surface area contributed by atoms with Crippen molar-refractivity contribution in [2.75, 3.05) is 0 Å². The molecule has 0 amide bonds. The number of aliphatic hydroxyl groups excluding tert-OH is 1. The van der Waals surface area contributed by atoms with Gasteiger partial charge in [0.15, 0.2) is 0 Å². The van der Waals surface area contributed by atoms with E-state index in [1.54, 1.807) is 0 Å². The SMILES string of the molecule is CCCC(O)Cc1cc(C)cc(F)c1. The molecule has 0 fully saturated rings. The minimum Gasteiger partial charge on any atom is -0.393 e. The van der Waals surface area contributed by atoms with E-state index in [0.29, 0.717) is 6.42 Å². The van der Waals surface area contributed by atoms with Crippen LogP contribution in [-0.4, -0.2) is 11.2 Å². The van der Waals surface area contributed by atoms with Gasteiger partial charge in [-0.1, -0.05) is 19.4 Å². The van der Waals surface area contributed by atoms with Gasteiger partial charge >= 0.3 is 0 Å². The summed E-state index contributed by atoms with van der Waals surface area (Å²) in [6, 6.07) is 4.91. The zero-order valence-corrected chi connectivity index (χ0v) is 8.76. The van der Waals surface area contributed by atoms with Crippen LogP contribution >= 0.6 is 0 Å². The summed E-state index contributed by atoms with van der Waals surface area (Å²) in [7, 11) is 0. The van der Waals surface area contributed by atoms with Crippen LogP contribution in [0.4, 0.5) is 4.39 Å². The molecule has 1 rings (SSSR count). The van der Waals surface area contributed by atoms with Crippen LogP contribution in [0.25, 0.3) is 0 Å². The number of aryl methyl sites for hydroxylation is 1. The number of hydrogen-bond acceptors (Lipinski definition) is 1. The maximum absolute atomic E-state index is 13.0. The van der Waals surface area contributed by atoms with Crippen molar-refractivity contribution >= 4 is 0 Å². The summed E-state index contributed by atoms with van der Waals surface area (Å²) in [4.78, 5) is 0. The maximum atomic E-state index is 13.0. The molecule has 0 radical (unpaired) electrons. The number of benzene rings is 1. The van der Waals surface area contributed by atoms with Gasteiger partial charge in [0.25, 0.3) is 0 Å². The Kier molecular flexibility index (Phi) is 4.08. The van der Waals surface area contributed by atoms with Gasteiger partial charge in [0.05, 0.1) is 6.10 Å². The van der Waals surface area contributed by atoms with Crippen LogP contribution in [0.3, 0.4) is 0 Å². The number of aliphatic hydroxyl groups is 1. The van der Waals surface area contributed by atoms with Gasteiger partial charge in [-0.2, -0.15) is 0 Å². The highest BCUT2D eigenvalue weighted by Crippen LogP contribution is 2.12. The summed E-state index contributed by atoms with van der Waals surface area (Å²) >= 11 is 0. The summed E-state index contributed by atoms with van der Waals surface area (Å²) in [5.74, 6) is -0.219. The second-order valence-corrected chi connectivity index (χ2v) is 3.78. The van der Waals surface area contributed by atoms with Gasteiger partial charge in [-0.05, 0) is 43.0 Å². The molecule has 0 heterocycles. The molecule has 1 nitrogen and oxygen atoms in total. The predicted molar refractivity (Wildman–Crippen MR) is 55.8 cm³/mol. The fourth-order valence-electron chi connectivity index (χ4n) is 1.64. The molecule has 0 aliphatic carbocycles. The van der Waals surface area contributed by atoms with E-state index in [-0.39, 0.29) is 11.9 Å². The molecule has 0 aromatic heterocycles. The Bertz CT molecular complexity index is 276. The van der Waals surface area contributed by atoms with Crippen molar-refractivity contribution in [2.45, 2.75) is 39.2 Å². The molecular formula is C12H17FO. The first kappa shape index (κ1) is 11.2. The van der Waals surface area contributed by atoms with Crippen molar-refractivity contribution < 1.29 is 9.50 Å². The van der Waals surface area contributed by atoms with Gasteiger partial charge in [-0.25, -0.2) is 4.39 Å². The molecule has 1 unspecified atom stereocenters. The lowest BCUT2D eigenvalue weighted by Gasteiger charge is -2.09. The van der Waals surface area contributed by atoms with E-state index in [9.17, 15) is 9.50 Å². The lowest BCUT2D eigenvalue weighted by atomic mass is 10.0. The Balaban J connectivity index is 2.66. The monoisotopic (exact) mass is 196 g/mol. The quantitative estimate of drug-likeness (QED) is 0.785. The van der Waals surface area contributed by atoms with Crippen molar-refractivity contribution in [3.63, 3.8) is 0 Å². The Morgan fingerprint density at radius 1 is 1.36 bits per heavy atom. The molecule has 0 saturated carbocycles. The molecule has 2 heteroatoms. The van der Waals surface area contributed by atoms with Crippen molar-refractivity contribution in [1.82, 2.24) is 0 Å². The molecule has 1 atom stereocenters. The maximum Gasteiger partial charge on any atom is 0.123 e. The Hall–Kier alpha value is -0.890. The van der Waals surface area contributed by atoms with E-state index in [1.807, 2.05) is 19.9 Å². The first-order valence-electron chi connectivity index (χ1n) is 5.06. The molecule has 0 bridgehead atoms. The third-order valence-corrected chi connectivity index (χ3v) is 2.20. The van der Waals surface area contributed by atoms with Crippen molar-refractivity contribution in [3.05, 3.63) is 35.1 Å². The summed E-state index contributed by atoms with van der Waals surface area (Å²) in [6.07, 6.45) is 1.93. The first-order valence-corrected chi connectivity index (χ1v) is 5.06. The number of halogens is 1.